The molecule has 0 aliphatic heterocycles. The van der Waals surface area contributed by atoms with Gasteiger partial charge in [0.1, 0.15) is 5.75 Å². The van der Waals surface area contributed by atoms with Crippen molar-refractivity contribution in [2.24, 2.45) is 0 Å². The minimum Gasteiger partial charge on any atom is -0.496 e. The van der Waals surface area contributed by atoms with Crippen LogP contribution in [0.3, 0.4) is 0 Å². The smallest absolute Gasteiger partial charge is 0.261 e. The Morgan fingerprint density at radius 2 is 2.00 bits per heavy atom. The van der Waals surface area contributed by atoms with E-state index >= 15 is 0 Å². The molecule has 2 rings (SSSR count). The highest BCUT2D eigenvalue weighted by Gasteiger charge is 2.16. The summed E-state index contributed by atoms with van der Waals surface area (Å²) in [6.45, 7) is 0. The molecule has 0 saturated heterocycles. The SMILES string of the molecule is COc1ccc(S(=O)(=O)Nc2cccc(C#N)c2)cc1Br. The van der Waals surface area contributed by atoms with Crippen LogP contribution in [0.4, 0.5) is 5.69 Å². The molecular weight excluding hydrogens is 356 g/mol. The Morgan fingerprint density at radius 3 is 2.62 bits per heavy atom. The highest BCUT2D eigenvalue weighted by atomic mass is 79.9. The van der Waals surface area contributed by atoms with E-state index in [-0.39, 0.29) is 4.90 Å². The van der Waals surface area contributed by atoms with Crippen molar-refractivity contribution in [3.63, 3.8) is 0 Å². The van der Waals surface area contributed by atoms with Crippen LogP contribution in [0.25, 0.3) is 0 Å². The van der Waals surface area contributed by atoms with Gasteiger partial charge in [-0.1, -0.05) is 6.07 Å². The molecule has 0 amide bonds. The molecule has 5 nitrogen and oxygen atoms in total. The summed E-state index contributed by atoms with van der Waals surface area (Å²) < 4.78 is 32.6. The van der Waals surface area contributed by atoms with Crippen molar-refractivity contribution in [1.82, 2.24) is 0 Å². The predicted molar refractivity (Wildman–Crippen MR) is 82.7 cm³/mol. The minimum atomic E-state index is -3.73. The molecule has 7 heteroatoms. The maximum absolute atomic E-state index is 12.3. The van der Waals surface area contributed by atoms with Crippen LogP contribution in [-0.4, -0.2) is 15.5 Å². The van der Waals surface area contributed by atoms with Gasteiger partial charge in [0.15, 0.2) is 0 Å². The number of nitriles is 1. The molecule has 0 aromatic heterocycles. The van der Waals surface area contributed by atoms with Gasteiger partial charge in [0.25, 0.3) is 10.0 Å². The van der Waals surface area contributed by atoms with Crippen molar-refractivity contribution in [2.45, 2.75) is 4.90 Å². The van der Waals surface area contributed by atoms with Gasteiger partial charge in [-0.3, -0.25) is 4.72 Å². The van der Waals surface area contributed by atoms with E-state index in [0.29, 0.717) is 21.5 Å². The number of methoxy groups -OCH3 is 1. The topological polar surface area (TPSA) is 79.2 Å². The lowest BCUT2D eigenvalue weighted by atomic mass is 10.2. The molecule has 108 valence electrons. The third-order valence-corrected chi connectivity index (χ3v) is 4.68. The van der Waals surface area contributed by atoms with E-state index in [2.05, 4.69) is 20.7 Å². The van der Waals surface area contributed by atoms with Crippen LogP contribution < -0.4 is 9.46 Å². The molecule has 0 bridgehead atoms. The van der Waals surface area contributed by atoms with Gasteiger partial charge in [-0.2, -0.15) is 5.26 Å². The minimum absolute atomic E-state index is 0.0949. The summed E-state index contributed by atoms with van der Waals surface area (Å²) in [5.74, 6) is 0.542. The fourth-order valence-corrected chi connectivity index (χ4v) is 3.45. The third kappa shape index (κ3) is 3.54. The quantitative estimate of drug-likeness (QED) is 0.901. The Bertz CT molecular complexity index is 813. The third-order valence-electron chi connectivity index (χ3n) is 2.68. The Balaban J connectivity index is 2.34. The Labute approximate surface area is 131 Å². The van der Waals surface area contributed by atoms with E-state index in [0.717, 1.165) is 0 Å². The Hall–Kier alpha value is -2.04. The normalized spacial score (nSPS) is 10.7. The van der Waals surface area contributed by atoms with Gasteiger partial charge in [-0.15, -0.1) is 0 Å². The van der Waals surface area contributed by atoms with Gasteiger partial charge in [-0.25, -0.2) is 8.42 Å². The monoisotopic (exact) mass is 366 g/mol. The maximum atomic E-state index is 12.3. The molecule has 0 unspecified atom stereocenters. The number of sulfonamides is 1. The second-order valence-corrected chi connectivity index (χ2v) is 6.63. The van der Waals surface area contributed by atoms with Crippen LogP contribution in [0.1, 0.15) is 5.56 Å². The first-order valence-corrected chi connectivity index (χ1v) is 8.10. The maximum Gasteiger partial charge on any atom is 0.261 e. The van der Waals surface area contributed by atoms with Gasteiger partial charge in [0.2, 0.25) is 0 Å². The number of hydrogen-bond acceptors (Lipinski definition) is 4. The number of hydrogen-bond donors (Lipinski definition) is 1. The average Bonchev–Trinajstić information content (AvgIpc) is 2.47. The molecule has 2 aromatic rings. The second-order valence-electron chi connectivity index (χ2n) is 4.09. The fourth-order valence-electron chi connectivity index (χ4n) is 1.68. The summed E-state index contributed by atoms with van der Waals surface area (Å²) in [6, 6.07) is 12.7. The Kier molecular flexibility index (Phi) is 4.50. The van der Waals surface area contributed by atoms with Crippen LogP contribution in [0.2, 0.25) is 0 Å². The van der Waals surface area contributed by atoms with Crippen LogP contribution in [-0.2, 0) is 10.0 Å². The molecule has 0 saturated carbocycles. The molecule has 0 heterocycles. The van der Waals surface area contributed by atoms with Gasteiger partial charge in [0, 0.05) is 0 Å². The zero-order chi connectivity index (χ0) is 15.5. The molecule has 0 aliphatic rings. The summed E-state index contributed by atoms with van der Waals surface area (Å²) >= 11 is 3.25. The van der Waals surface area contributed by atoms with Gasteiger partial charge in [-0.05, 0) is 52.3 Å². The molecule has 21 heavy (non-hydrogen) atoms. The lowest BCUT2D eigenvalue weighted by molar-refractivity contribution is 0.411. The lowest BCUT2D eigenvalue weighted by Gasteiger charge is -2.10. The summed E-state index contributed by atoms with van der Waals surface area (Å²) in [5.41, 5.74) is 0.715. The lowest BCUT2D eigenvalue weighted by Crippen LogP contribution is -2.13. The van der Waals surface area contributed by atoms with Crippen molar-refractivity contribution >= 4 is 31.6 Å². The number of halogens is 1. The van der Waals surface area contributed by atoms with Crippen molar-refractivity contribution in [3.05, 3.63) is 52.5 Å². The Morgan fingerprint density at radius 1 is 1.24 bits per heavy atom. The molecule has 0 radical (unpaired) electrons. The van der Waals surface area contributed by atoms with Crippen molar-refractivity contribution < 1.29 is 13.2 Å². The van der Waals surface area contributed by atoms with Gasteiger partial charge >= 0.3 is 0 Å². The highest BCUT2D eigenvalue weighted by molar-refractivity contribution is 9.10. The van der Waals surface area contributed by atoms with Crippen LogP contribution in [0.15, 0.2) is 51.8 Å². The molecular formula is C14H11BrN2O3S. The summed E-state index contributed by atoms with van der Waals surface area (Å²) in [5, 5.41) is 8.82. The molecule has 0 atom stereocenters. The molecule has 1 N–H and O–H groups in total. The van der Waals surface area contributed by atoms with Gasteiger partial charge < -0.3 is 4.74 Å². The zero-order valence-corrected chi connectivity index (χ0v) is 13.4. The summed E-state index contributed by atoms with van der Waals surface area (Å²) in [7, 11) is -2.23. The van der Waals surface area contributed by atoms with Crippen molar-refractivity contribution in [3.8, 4) is 11.8 Å². The standard InChI is InChI=1S/C14H11BrN2O3S/c1-20-14-6-5-12(8-13(14)15)21(18,19)17-11-4-2-3-10(7-11)9-16/h2-8,17H,1H3. The first kappa shape index (κ1) is 15.4. The highest BCUT2D eigenvalue weighted by Crippen LogP contribution is 2.28. The van der Waals surface area contributed by atoms with Crippen LogP contribution in [0.5, 0.6) is 5.75 Å². The van der Waals surface area contributed by atoms with E-state index < -0.39 is 10.0 Å². The average molecular weight is 367 g/mol. The number of benzene rings is 2. The van der Waals surface area contributed by atoms with E-state index in [1.54, 1.807) is 24.3 Å². The second kappa shape index (κ2) is 6.16. The number of rotatable bonds is 4. The number of nitrogens with zero attached hydrogens (tertiary/aromatic N) is 1. The number of anilines is 1. The largest absolute Gasteiger partial charge is 0.496 e. The molecule has 2 aromatic carbocycles. The first-order valence-electron chi connectivity index (χ1n) is 5.83. The van der Waals surface area contributed by atoms with Crippen LogP contribution >= 0.6 is 15.9 Å². The number of ether oxygens (including phenoxy) is 1. The molecule has 0 fully saturated rings. The van der Waals surface area contributed by atoms with E-state index in [9.17, 15) is 8.42 Å². The summed E-state index contributed by atoms with van der Waals surface area (Å²) in [6.07, 6.45) is 0. The predicted octanol–water partition coefficient (Wildman–Crippen LogP) is 3.13. The number of nitrogens with one attached hydrogen (secondary N) is 1. The van der Waals surface area contributed by atoms with E-state index in [1.165, 1.54) is 25.3 Å². The fraction of sp³-hybridized carbons (Fsp3) is 0.0714. The van der Waals surface area contributed by atoms with E-state index in [4.69, 9.17) is 10.00 Å². The summed E-state index contributed by atoms with van der Waals surface area (Å²) in [4.78, 5) is 0.0949. The van der Waals surface area contributed by atoms with Crippen LogP contribution in [0, 0.1) is 11.3 Å². The van der Waals surface area contributed by atoms with E-state index in [1.807, 2.05) is 6.07 Å². The molecule has 0 spiro atoms. The van der Waals surface area contributed by atoms with Gasteiger partial charge in [0.05, 0.1) is 33.8 Å². The first-order chi connectivity index (χ1) is 9.96. The zero-order valence-electron chi connectivity index (χ0n) is 11.0. The van der Waals surface area contributed by atoms with Crippen molar-refractivity contribution in [2.75, 3.05) is 11.8 Å². The molecule has 0 aliphatic carbocycles. The van der Waals surface area contributed by atoms with Crippen molar-refractivity contribution in [1.29, 1.82) is 5.26 Å².